The third-order valence-electron chi connectivity index (χ3n) is 5.02. The molecule has 0 radical (unpaired) electrons. The molecule has 1 aromatic rings. The Bertz CT molecular complexity index is 431. The summed E-state index contributed by atoms with van der Waals surface area (Å²) in [6.07, 6.45) is 10.9. The van der Waals surface area contributed by atoms with E-state index < -0.39 is 0 Å². The van der Waals surface area contributed by atoms with Gasteiger partial charge in [-0.15, -0.1) is 18.2 Å². The maximum Gasteiger partial charge on any atom is 0.0644 e. The van der Waals surface area contributed by atoms with Gasteiger partial charge in [-0.3, -0.25) is 0 Å². The van der Waals surface area contributed by atoms with Crippen LogP contribution in [0.2, 0.25) is 0 Å². The van der Waals surface area contributed by atoms with Crippen molar-refractivity contribution in [2.75, 3.05) is 19.1 Å². The number of ether oxygens (including phenoxy) is 1. The summed E-state index contributed by atoms with van der Waals surface area (Å²) >= 11 is 5.84. The van der Waals surface area contributed by atoms with Crippen LogP contribution < -0.4 is 0 Å². The molecule has 0 amide bonds. The Kier molecular flexibility index (Phi) is 8.78. The van der Waals surface area contributed by atoms with Gasteiger partial charge in [-0.1, -0.05) is 49.2 Å². The highest BCUT2D eigenvalue weighted by Gasteiger charge is 2.26. The normalized spacial score (nSPS) is 22.1. The Morgan fingerprint density at radius 1 is 1.22 bits per heavy atom. The van der Waals surface area contributed by atoms with Crippen LogP contribution in [0, 0.1) is 17.8 Å². The first-order chi connectivity index (χ1) is 11.3. The zero-order chi connectivity index (χ0) is 16.3. The molecule has 0 bridgehead atoms. The van der Waals surface area contributed by atoms with Crippen molar-refractivity contribution in [2.24, 2.45) is 17.8 Å². The second kappa shape index (κ2) is 10.9. The highest BCUT2D eigenvalue weighted by atomic mass is 35.5. The van der Waals surface area contributed by atoms with Gasteiger partial charge in [-0.25, -0.2) is 0 Å². The topological polar surface area (TPSA) is 9.23 Å². The maximum absolute atomic E-state index is 5.84. The van der Waals surface area contributed by atoms with E-state index in [1.807, 2.05) is 6.08 Å². The Balaban J connectivity index is 1.83. The van der Waals surface area contributed by atoms with Gasteiger partial charge >= 0.3 is 0 Å². The number of hydrogen-bond donors (Lipinski definition) is 0. The molecule has 1 fully saturated rings. The van der Waals surface area contributed by atoms with Crippen LogP contribution in [0.1, 0.15) is 44.1 Å². The molecule has 1 aliphatic rings. The van der Waals surface area contributed by atoms with E-state index in [0.717, 1.165) is 30.7 Å². The van der Waals surface area contributed by atoms with Gasteiger partial charge in [0.05, 0.1) is 13.2 Å². The van der Waals surface area contributed by atoms with Crippen LogP contribution in [0.4, 0.5) is 0 Å². The summed E-state index contributed by atoms with van der Waals surface area (Å²) in [6.45, 7) is 5.26. The molecule has 1 saturated carbocycles. The van der Waals surface area contributed by atoms with Crippen molar-refractivity contribution in [3.8, 4) is 0 Å². The third-order valence-corrected chi connectivity index (χ3v) is 5.29. The zero-order valence-electron chi connectivity index (χ0n) is 14.3. The number of benzene rings is 1. The fourth-order valence-electron chi connectivity index (χ4n) is 3.97. The second-order valence-electron chi connectivity index (χ2n) is 6.99. The molecule has 3 unspecified atom stereocenters. The molecule has 2 rings (SSSR count). The summed E-state index contributed by atoms with van der Waals surface area (Å²) in [5.74, 6) is 3.21. The summed E-state index contributed by atoms with van der Waals surface area (Å²) in [4.78, 5) is 0. The summed E-state index contributed by atoms with van der Waals surface area (Å²) in [5.41, 5.74) is 1.43. The van der Waals surface area contributed by atoms with Crippen molar-refractivity contribution < 1.29 is 4.74 Å². The minimum absolute atomic E-state index is 0.620. The molecule has 0 saturated heterocycles. The standard InChI is InChI=1S/C21H31ClO/c1-2-13-23-17-21(15-18-7-4-3-5-8-18)16-20-11-10-19(14-20)9-6-12-22/h2-5,7-8,19-21H,1,6,9-17H2. The third kappa shape index (κ3) is 7.10. The molecule has 1 aromatic carbocycles. The van der Waals surface area contributed by atoms with Crippen molar-refractivity contribution in [3.63, 3.8) is 0 Å². The maximum atomic E-state index is 5.84. The molecule has 23 heavy (non-hydrogen) atoms. The predicted octanol–water partition coefficient (Wildman–Crippen LogP) is 5.87. The molecule has 0 aliphatic heterocycles. The van der Waals surface area contributed by atoms with E-state index in [-0.39, 0.29) is 0 Å². The van der Waals surface area contributed by atoms with Gasteiger partial charge in [0.15, 0.2) is 0 Å². The van der Waals surface area contributed by atoms with Gasteiger partial charge in [0.25, 0.3) is 0 Å². The lowest BCUT2D eigenvalue weighted by molar-refractivity contribution is 0.111. The molecule has 1 nitrogen and oxygen atoms in total. The Morgan fingerprint density at radius 2 is 2.00 bits per heavy atom. The van der Waals surface area contributed by atoms with Crippen molar-refractivity contribution in [3.05, 3.63) is 48.6 Å². The van der Waals surface area contributed by atoms with Crippen LogP contribution in [0.15, 0.2) is 43.0 Å². The summed E-state index contributed by atoms with van der Waals surface area (Å²) in [5, 5.41) is 0. The van der Waals surface area contributed by atoms with Crippen LogP contribution in [-0.4, -0.2) is 19.1 Å². The summed E-state index contributed by atoms with van der Waals surface area (Å²) in [6, 6.07) is 10.8. The van der Waals surface area contributed by atoms with Crippen molar-refractivity contribution in [1.82, 2.24) is 0 Å². The van der Waals surface area contributed by atoms with E-state index in [9.17, 15) is 0 Å². The quantitative estimate of drug-likeness (QED) is 0.279. The molecule has 0 N–H and O–H groups in total. The van der Waals surface area contributed by atoms with E-state index in [1.54, 1.807) is 0 Å². The smallest absolute Gasteiger partial charge is 0.0644 e. The van der Waals surface area contributed by atoms with Crippen LogP contribution >= 0.6 is 11.6 Å². The summed E-state index contributed by atoms with van der Waals surface area (Å²) in [7, 11) is 0. The predicted molar refractivity (Wildman–Crippen MR) is 100 cm³/mol. The average molecular weight is 335 g/mol. The Hall–Kier alpha value is -0.790. The van der Waals surface area contributed by atoms with Crippen molar-refractivity contribution in [1.29, 1.82) is 0 Å². The summed E-state index contributed by atoms with van der Waals surface area (Å²) < 4.78 is 5.78. The van der Waals surface area contributed by atoms with E-state index in [4.69, 9.17) is 16.3 Å². The fraction of sp³-hybridized carbons (Fsp3) is 0.619. The largest absolute Gasteiger partial charge is 0.377 e. The highest BCUT2D eigenvalue weighted by Crippen LogP contribution is 2.38. The molecule has 0 aromatic heterocycles. The molecule has 128 valence electrons. The first-order valence-electron chi connectivity index (χ1n) is 9.10. The second-order valence-corrected chi connectivity index (χ2v) is 7.37. The Morgan fingerprint density at radius 3 is 2.74 bits per heavy atom. The van der Waals surface area contributed by atoms with E-state index >= 15 is 0 Å². The molecule has 1 aliphatic carbocycles. The lowest BCUT2D eigenvalue weighted by Crippen LogP contribution is -2.16. The van der Waals surface area contributed by atoms with Crippen LogP contribution in [-0.2, 0) is 11.2 Å². The van der Waals surface area contributed by atoms with Gasteiger partial charge in [0.1, 0.15) is 0 Å². The van der Waals surface area contributed by atoms with Crippen LogP contribution in [0.3, 0.4) is 0 Å². The molecule has 0 heterocycles. The highest BCUT2D eigenvalue weighted by molar-refractivity contribution is 6.17. The van der Waals surface area contributed by atoms with Gasteiger partial charge in [-0.2, -0.15) is 0 Å². The van der Waals surface area contributed by atoms with Crippen molar-refractivity contribution in [2.45, 2.75) is 44.9 Å². The number of alkyl halides is 1. The van der Waals surface area contributed by atoms with E-state index in [0.29, 0.717) is 12.5 Å². The number of rotatable bonds is 11. The first kappa shape index (κ1) is 18.5. The zero-order valence-corrected chi connectivity index (χ0v) is 15.0. The van der Waals surface area contributed by atoms with E-state index in [1.165, 1.54) is 44.1 Å². The Labute approximate surface area is 147 Å². The lowest BCUT2D eigenvalue weighted by Gasteiger charge is -2.21. The fourth-order valence-corrected chi connectivity index (χ4v) is 4.12. The van der Waals surface area contributed by atoms with Gasteiger partial charge in [0.2, 0.25) is 0 Å². The number of hydrogen-bond acceptors (Lipinski definition) is 1. The minimum atomic E-state index is 0.620. The molecular weight excluding hydrogens is 304 g/mol. The number of halogens is 1. The van der Waals surface area contributed by atoms with Gasteiger partial charge in [0, 0.05) is 5.88 Å². The molecule has 3 atom stereocenters. The SMILES string of the molecule is C=CCOCC(Cc1ccccc1)CC1CCC(CCCCl)C1. The van der Waals surface area contributed by atoms with Crippen molar-refractivity contribution >= 4 is 11.6 Å². The monoisotopic (exact) mass is 334 g/mol. The first-order valence-corrected chi connectivity index (χ1v) is 9.63. The molecule has 2 heteroatoms. The molecular formula is C21H31ClO. The molecule has 0 spiro atoms. The van der Waals surface area contributed by atoms with Gasteiger partial charge < -0.3 is 4.74 Å². The minimum Gasteiger partial charge on any atom is -0.377 e. The average Bonchev–Trinajstić information content (AvgIpc) is 3.01. The van der Waals surface area contributed by atoms with E-state index in [2.05, 4.69) is 36.9 Å². The van der Waals surface area contributed by atoms with Crippen LogP contribution in [0.5, 0.6) is 0 Å². The van der Waals surface area contributed by atoms with Crippen LogP contribution in [0.25, 0.3) is 0 Å². The lowest BCUT2D eigenvalue weighted by atomic mass is 9.88. The van der Waals surface area contributed by atoms with Gasteiger partial charge in [-0.05, 0) is 55.4 Å².